The van der Waals surface area contributed by atoms with Crippen molar-refractivity contribution >= 4 is 17.8 Å². The lowest BCUT2D eigenvalue weighted by atomic mass is 9.98. The van der Waals surface area contributed by atoms with Gasteiger partial charge < -0.3 is 14.2 Å². The monoisotopic (exact) mass is 339 g/mol. The Morgan fingerprint density at radius 1 is 1.08 bits per heavy atom. The quantitative estimate of drug-likeness (QED) is 0.476. The molecule has 0 N–H and O–H groups in total. The Labute approximate surface area is 145 Å². The highest BCUT2D eigenvalue weighted by Gasteiger charge is 2.53. The van der Waals surface area contributed by atoms with Crippen LogP contribution in [-0.4, -0.2) is 30.5 Å². The van der Waals surface area contributed by atoms with Crippen LogP contribution in [-0.2, 0) is 14.3 Å². The van der Waals surface area contributed by atoms with Gasteiger partial charge >= 0.3 is 11.9 Å². The van der Waals surface area contributed by atoms with Gasteiger partial charge in [0.15, 0.2) is 0 Å². The van der Waals surface area contributed by atoms with E-state index in [0.717, 1.165) is 0 Å². The van der Waals surface area contributed by atoms with Crippen molar-refractivity contribution in [3.8, 4) is 11.5 Å². The van der Waals surface area contributed by atoms with Gasteiger partial charge in [-0.3, -0.25) is 0 Å². The van der Waals surface area contributed by atoms with Crippen LogP contribution in [0.1, 0.15) is 18.9 Å². The molecule has 0 saturated heterocycles. The number of hydrogen-bond acceptors (Lipinski definition) is 6. The fraction of sp³-hybridized carbons (Fsp3) is 0.211. The molecule has 6 nitrogen and oxygen atoms in total. The number of ether oxygens (including phenoxy) is 3. The predicted molar refractivity (Wildman–Crippen MR) is 90.7 cm³/mol. The van der Waals surface area contributed by atoms with Gasteiger partial charge in [0.05, 0.1) is 7.11 Å². The van der Waals surface area contributed by atoms with Crippen molar-refractivity contribution in [1.29, 1.82) is 0 Å². The lowest BCUT2D eigenvalue weighted by Gasteiger charge is -2.17. The van der Waals surface area contributed by atoms with Gasteiger partial charge in [0.25, 0.3) is 5.54 Å². The van der Waals surface area contributed by atoms with Crippen molar-refractivity contribution in [2.24, 2.45) is 4.99 Å². The van der Waals surface area contributed by atoms with Gasteiger partial charge in [-0.25, -0.2) is 14.6 Å². The number of rotatable bonds is 5. The minimum atomic E-state index is -1.69. The molecule has 1 heterocycles. The molecule has 6 heteroatoms. The molecular weight excluding hydrogens is 322 g/mol. The molecule has 0 bridgehead atoms. The van der Waals surface area contributed by atoms with E-state index < -0.39 is 17.5 Å². The first-order valence-corrected chi connectivity index (χ1v) is 7.83. The summed E-state index contributed by atoms with van der Waals surface area (Å²) >= 11 is 0. The first-order chi connectivity index (χ1) is 12.1. The molecule has 0 amide bonds. The SMILES string of the molecule is CC[C@]1(C(=O)Oc2ccccc2)N=C(c2ccc(OC)cc2)OC1=O. The third kappa shape index (κ3) is 3.10. The zero-order chi connectivity index (χ0) is 17.9. The Hall–Kier alpha value is -3.15. The standard InChI is InChI=1S/C19H17NO5/c1-3-19(17(21)24-15-7-5-4-6-8-15)18(22)25-16(20-19)13-9-11-14(23-2)12-10-13/h4-12H,3H2,1-2H3/t19-/m1/s1. The molecule has 2 aromatic rings. The maximum absolute atomic E-state index is 12.6. The Kier molecular flexibility index (Phi) is 4.52. The van der Waals surface area contributed by atoms with Crippen molar-refractivity contribution in [2.75, 3.05) is 7.11 Å². The summed E-state index contributed by atoms with van der Waals surface area (Å²) in [5.41, 5.74) is -1.11. The first-order valence-electron chi connectivity index (χ1n) is 7.83. The Morgan fingerprint density at radius 3 is 2.36 bits per heavy atom. The fourth-order valence-corrected chi connectivity index (χ4v) is 2.45. The number of aliphatic imine (C=N–C) groups is 1. The second-order valence-corrected chi connectivity index (χ2v) is 5.45. The lowest BCUT2D eigenvalue weighted by Crippen LogP contribution is -2.44. The summed E-state index contributed by atoms with van der Waals surface area (Å²) in [4.78, 5) is 29.3. The van der Waals surface area contributed by atoms with Crippen molar-refractivity contribution < 1.29 is 23.8 Å². The van der Waals surface area contributed by atoms with Crippen LogP contribution in [0, 0.1) is 0 Å². The molecule has 0 radical (unpaired) electrons. The molecule has 0 fully saturated rings. The number of carbonyl (C=O) groups is 2. The van der Waals surface area contributed by atoms with Crippen LogP contribution < -0.4 is 9.47 Å². The molecule has 1 atom stereocenters. The molecule has 0 aromatic heterocycles. The second-order valence-electron chi connectivity index (χ2n) is 5.45. The molecule has 25 heavy (non-hydrogen) atoms. The number of benzene rings is 2. The van der Waals surface area contributed by atoms with Crippen LogP contribution in [0.4, 0.5) is 0 Å². The van der Waals surface area contributed by atoms with E-state index >= 15 is 0 Å². The van der Waals surface area contributed by atoms with Crippen LogP contribution in [0.5, 0.6) is 11.5 Å². The van der Waals surface area contributed by atoms with E-state index in [1.807, 2.05) is 0 Å². The average Bonchev–Trinajstić information content (AvgIpc) is 3.00. The van der Waals surface area contributed by atoms with E-state index in [1.54, 1.807) is 68.6 Å². The fourth-order valence-electron chi connectivity index (χ4n) is 2.45. The highest BCUT2D eigenvalue weighted by molar-refractivity contribution is 6.17. The summed E-state index contributed by atoms with van der Waals surface area (Å²) in [7, 11) is 1.56. The van der Waals surface area contributed by atoms with Crippen LogP contribution in [0.25, 0.3) is 0 Å². The topological polar surface area (TPSA) is 74.2 Å². The Balaban J connectivity index is 1.89. The summed E-state index contributed by atoms with van der Waals surface area (Å²) < 4.78 is 15.7. The van der Waals surface area contributed by atoms with E-state index in [1.165, 1.54) is 0 Å². The van der Waals surface area contributed by atoms with Gasteiger partial charge in [-0.05, 0) is 42.8 Å². The number of nitrogens with zero attached hydrogens (tertiary/aromatic N) is 1. The Morgan fingerprint density at radius 2 is 1.76 bits per heavy atom. The van der Waals surface area contributed by atoms with Crippen LogP contribution >= 0.6 is 0 Å². The van der Waals surface area contributed by atoms with Gasteiger partial charge in [-0.2, -0.15) is 0 Å². The Bertz CT molecular complexity index is 813. The molecule has 3 rings (SSSR count). The summed E-state index contributed by atoms with van der Waals surface area (Å²) in [6.45, 7) is 1.69. The third-order valence-electron chi connectivity index (χ3n) is 3.96. The number of para-hydroxylation sites is 1. The maximum atomic E-state index is 12.6. The lowest BCUT2D eigenvalue weighted by molar-refractivity contribution is -0.151. The molecule has 1 aliphatic heterocycles. The zero-order valence-electron chi connectivity index (χ0n) is 13.9. The van der Waals surface area contributed by atoms with Gasteiger partial charge in [0.2, 0.25) is 5.90 Å². The normalized spacial score (nSPS) is 19.1. The van der Waals surface area contributed by atoms with E-state index in [0.29, 0.717) is 17.1 Å². The van der Waals surface area contributed by atoms with Crippen molar-refractivity contribution in [2.45, 2.75) is 18.9 Å². The second kappa shape index (κ2) is 6.76. The van der Waals surface area contributed by atoms with Gasteiger partial charge in [0.1, 0.15) is 11.5 Å². The summed E-state index contributed by atoms with van der Waals surface area (Å²) in [6.07, 6.45) is 0.136. The van der Waals surface area contributed by atoms with E-state index in [-0.39, 0.29) is 12.3 Å². The molecular formula is C19H17NO5. The highest BCUT2D eigenvalue weighted by atomic mass is 16.6. The molecule has 0 saturated carbocycles. The number of methoxy groups -OCH3 is 1. The van der Waals surface area contributed by atoms with Crippen molar-refractivity contribution in [3.63, 3.8) is 0 Å². The van der Waals surface area contributed by atoms with Gasteiger partial charge in [0, 0.05) is 5.56 Å². The van der Waals surface area contributed by atoms with E-state index in [9.17, 15) is 9.59 Å². The number of cyclic esters (lactones) is 1. The predicted octanol–water partition coefficient (Wildman–Crippen LogP) is 2.75. The van der Waals surface area contributed by atoms with E-state index in [2.05, 4.69) is 4.99 Å². The molecule has 128 valence electrons. The highest BCUT2D eigenvalue weighted by Crippen LogP contribution is 2.29. The third-order valence-corrected chi connectivity index (χ3v) is 3.96. The molecule has 0 aliphatic carbocycles. The van der Waals surface area contributed by atoms with E-state index in [4.69, 9.17) is 14.2 Å². The van der Waals surface area contributed by atoms with Crippen molar-refractivity contribution in [1.82, 2.24) is 0 Å². The minimum Gasteiger partial charge on any atom is -0.497 e. The molecule has 1 aliphatic rings. The summed E-state index contributed by atoms with van der Waals surface area (Å²) in [5.74, 6) is -0.379. The number of carbonyl (C=O) groups excluding carboxylic acids is 2. The minimum absolute atomic E-state index is 0.0968. The maximum Gasteiger partial charge on any atom is 0.352 e. The summed E-state index contributed by atoms with van der Waals surface area (Å²) in [5, 5.41) is 0. The van der Waals surface area contributed by atoms with Crippen LogP contribution in [0.3, 0.4) is 0 Å². The largest absolute Gasteiger partial charge is 0.497 e. The molecule has 0 unspecified atom stereocenters. The number of esters is 2. The molecule has 0 spiro atoms. The van der Waals surface area contributed by atoms with Crippen LogP contribution in [0.15, 0.2) is 59.6 Å². The molecule has 2 aromatic carbocycles. The van der Waals surface area contributed by atoms with Gasteiger partial charge in [-0.15, -0.1) is 0 Å². The van der Waals surface area contributed by atoms with Crippen LogP contribution in [0.2, 0.25) is 0 Å². The van der Waals surface area contributed by atoms with Crippen molar-refractivity contribution in [3.05, 3.63) is 60.2 Å². The summed E-state index contributed by atoms with van der Waals surface area (Å²) in [6, 6.07) is 15.4. The smallest absolute Gasteiger partial charge is 0.352 e. The average molecular weight is 339 g/mol. The number of hydrogen-bond donors (Lipinski definition) is 0. The first kappa shape index (κ1) is 16.7. The zero-order valence-corrected chi connectivity index (χ0v) is 13.9. The van der Waals surface area contributed by atoms with Gasteiger partial charge in [-0.1, -0.05) is 25.1 Å².